The molecule has 0 aromatic heterocycles. The molecule has 2 heteroatoms. The van der Waals surface area contributed by atoms with Crippen LogP contribution in [-0.2, 0) is 17.6 Å². The van der Waals surface area contributed by atoms with Gasteiger partial charge in [0.1, 0.15) is 5.78 Å². The van der Waals surface area contributed by atoms with Crippen molar-refractivity contribution in [2.75, 3.05) is 0 Å². The first-order chi connectivity index (χ1) is 11.8. The fourth-order valence-corrected chi connectivity index (χ4v) is 4.04. The Morgan fingerprint density at radius 1 is 1.00 bits per heavy atom. The number of rotatable bonds is 0. The van der Waals surface area contributed by atoms with E-state index in [2.05, 4.69) is 41.6 Å². The van der Waals surface area contributed by atoms with E-state index in [1.54, 1.807) is 0 Å². The van der Waals surface area contributed by atoms with Crippen molar-refractivity contribution in [3.63, 3.8) is 0 Å². The van der Waals surface area contributed by atoms with Crippen molar-refractivity contribution < 1.29 is 4.79 Å². The van der Waals surface area contributed by atoms with Crippen LogP contribution in [0.3, 0.4) is 0 Å². The molecule has 0 spiro atoms. The summed E-state index contributed by atoms with van der Waals surface area (Å²) >= 11 is 0. The number of allylic oxidation sites excluding steroid dienone is 3. The number of aryl methyl sites for hydroxylation is 1. The summed E-state index contributed by atoms with van der Waals surface area (Å²) in [4.78, 5) is 16.7. The molecule has 1 heterocycles. The molecule has 1 unspecified atom stereocenters. The molecule has 1 aromatic carbocycles. The number of hydrogen-bond acceptors (Lipinski definition) is 2. The van der Waals surface area contributed by atoms with Gasteiger partial charge in [-0.1, -0.05) is 30.7 Å². The van der Waals surface area contributed by atoms with Gasteiger partial charge in [0.25, 0.3) is 0 Å². The topological polar surface area (TPSA) is 29.4 Å². The van der Waals surface area contributed by atoms with E-state index in [1.807, 2.05) is 0 Å². The van der Waals surface area contributed by atoms with Crippen molar-refractivity contribution >= 4 is 17.6 Å². The van der Waals surface area contributed by atoms with Crippen LogP contribution in [-0.4, -0.2) is 12.0 Å². The Balaban J connectivity index is 1.60. The lowest BCUT2D eigenvalue weighted by atomic mass is 9.95. The fraction of sp³-hybridized carbons (Fsp3) is 0.455. The SMILES string of the molecule is O=C1CCCCCc2ccc3c(c2)C(=CC3)C2=CC(C=N2)CCC1. The zero-order valence-electron chi connectivity index (χ0n) is 14.3. The van der Waals surface area contributed by atoms with Gasteiger partial charge in [0.15, 0.2) is 0 Å². The Hall–Kier alpha value is -1.96. The molecular formula is C22H25NO. The molecule has 0 radical (unpaired) electrons. The Labute approximate surface area is 144 Å². The minimum absolute atomic E-state index is 0.397. The third-order valence-electron chi connectivity index (χ3n) is 5.46. The van der Waals surface area contributed by atoms with Crippen molar-refractivity contribution in [2.24, 2.45) is 10.9 Å². The van der Waals surface area contributed by atoms with E-state index in [1.165, 1.54) is 28.7 Å². The normalized spacial score (nSPS) is 24.0. The lowest BCUT2D eigenvalue weighted by Crippen LogP contribution is -2.01. The number of carbonyl (C=O) groups excluding carboxylic acids is 1. The molecule has 3 aliphatic rings. The first kappa shape index (κ1) is 15.6. The maximum Gasteiger partial charge on any atom is 0.132 e. The highest BCUT2D eigenvalue weighted by Crippen LogP contribution is 2.37. The van der Waals surface area contributed by atoms with Gasteiger partial charge in [-0.05, 0) is 61.3 Å². The second kappa shape index (κ2) is 6.88. The molecule has 1 aliphatic heterocycles. The summed E-state index contributed by atoms with van der Waals surface area (Å²) in [5.41, 5.74) is 6.68. The predicted octanol–water partition coefficient (Wildman–Crippen LogP) is 5.07. The Kier molecular flexibility index (Phi) is 4.46. The largest absolute Gasteiger partial charge is 0.300 e. The van der Waals surface area contributed by atoms with Crippen LogP contribution in [0.25, 0.3) is 5.57 Å². The first-order valence-electron chi connectivity index (χ1n) is 9.40. The molecule has 2 aliphatic carbocycles. The van der Waals surface area contributed by atoms with E-state index < -0.39 is 0 Å². The van der Waals surface area contributed by atoms with Crippen LogP contribution in [0.4, 0.5) is 0 Å². The van der Waals surface area contributed by atoms with Gasteiger partial charge in [-0.25, -0.2) is 0 Å². The average molecular weight is 319 g/mol. The molecule has 1 aromatic rings. The molecule has 0 amide bonds. The van der Waals surface area contributed by atoms with E-state index in [-0.39, 0.29) is 0 Å². The maximum absolute atomic E-state index is 12.0. The summed E-state index contributed by atoms with van der Waals surface area (Å²) in [5, 5.41) is 0. The number of benzene rings is 1. The van der Waals surface area contributed by atoms with E-state index in [4.69, 9.17) is 0 Å². The van der Waals surface area contributed by atoms with Crippen LogP contribution < -0.4 is 0 Å². The molecule has 2 nitrogen and oxygen atoms in total. The van der Waals surface area contributed by atoms with Crippen LogP contribution >= 0.6 is 0 Å². The molecule has 124 valence electrons. The van der Waals surface area contributed by atoms with Gasteiger partial charge in [-0.15, -0.1) is 0 Å². The number of fused-ring (bicyclic) bond motifs is 3. The highest BCUT2D eigenvalue weighted by atomic mass is 16.1. The van der Waals surface area contributed by atoms with Crippen molar-refractivity contribution in [1.29, 1.82) is 0 Å². The average Bonchev–Trinajstić information content (AvgIpc) is 3.20. The summed E-state index contributed by atoms with van der Waals surface area (Å²) in [6.07, 6.45) is 15.7. The number of Topliss-reactive ketones (excluding diaryl/α,β-unsaturated/α-hetero) is 1. The minimum Gasteiger partial charge on any atom is -0.300 e. The van der Waals surface area contributed by atoms with E-state index in [0.717, 1.165) is 57.1 Å². The lowest BCUT2D eigenvalue weighted by Gasteiger charge is -2.09. The van der Waals surface area contributed by atoms with Gasteiger partial charge < -0.3 is 0 Å². The van der Waals surface area contributed by atoms with Gasteiger partial charge in [0, 0.05) is 30.5 Å². The third kappa shape index (κ3) is 3.28. The van der Waals surface area contributed by atoms with Crippen LogP contribution in [0.15, 0.2) is 41.0 Å². The molecule has 4 rings (SSSR count). The van der Waals surface area contributed by atoms with Gasteiger partial charge in [-0.2, -0.15) is 0 Å². The predicted molar refractivity (Wildman–Crippen MR) is 99.2 cm³/mol. The molecular weight excluding hydrogens is 294 g/mol. The van der Waals surface area contributed by atoms with Crippen LogP contribution in [0.2, 0.25) is 0 Å². The molecule has 1 atom stereocenters. The first-order valence-corrected chi connectivity index (χ1v) is 9.40. The van der Waals surface area contributed by atoms with Crippen LogP contribution in [0, 0.1) is 5.92 Å². The maximum atomic E-state index is 12.0. The van der Waals surface area contributed by atoms with Crippen molar-refractivity contribution in [2.45, 2.75) is 57.8 Å². The van der Waals surface area contributed by atoms with Crippen LogP contribution in [0.1, 0.15) is 61.6 Å². The number of ketones is 1. The summed E-state index contributed by atoms with van der Waals surface area (Å²) in [5.74, 6) is 0.834. The summed E-state index contributed by atoms with van der Waals surface area (Å²) in [6, 6.07) is 6.94. The number of carbonyl (C=O) groups is 1. The zero-order chi connectivity index (χ0) is 16.4. The van der Waals surface area contributed by atoms with Crippen LogP contribution in [0.5, 0.6) is 0 Å². The van der Waals surface area contributed by atoms with Crippen molar-refractivity contribution in [3.8, 4) is 0 Å². The minimum atomic E-state index is 0.397. The van der Waals surface area contributed by atoms with Gasteiger partial charge in [0.2, 0.25) is 0 Å². The number of aliphatic imine (C=N–C) groups is 1. The Bertz CT molecular complexity index is 738. The third-order valence-corrected chi connectivity index (χ3v) is 5.46. The quantitative estimate of drug-likeness (QED) is 0.656. The number of hydrogen-bond donors (Lipinski definition) is 0. The van der Waals surface area contributed by atoms with Crippen molar-refractivity contribution in [1.82, 2.24) is 0 Å². The standard InChI is InChI=1S/C22H25NO/c24-19-7-3-1-2-5-16-9-10-18-11-12-20(21(18)13-16)22-14-17(15-23-22)6-4-8-19/h9-10,12-15,17H,1-8,11H2. The molecule has 0 fully saturated rings. The Morgan fingerprint density at radius 3 is 2.83 bits per heavy atom. The van der Waals surface area contributed by atoms with Gasteiger partial charge in [0.05, 0.1) is 5.70 Å². The van der Waals surface area contributed by atoms with Gasteiger partial charge in [-0.3, -0.25) is 9.79 Å². The molecule has 0 saturated carbocycles. The van der Waals surface area contributed by atoms with E-state index in [9.17, 15) is 4.79 Å². The summed E-state index contributed by atoms with van der Waals surface area (Å²) in [7, 11) is 0. The lowest BCUT2D eigenvalue weighted by molar-refractivity contribution is -0.119. The summed E-state index contributed by atoms with van der Waals surface area (Å²) in [6.45, 7) is 0. The highest BCUT2D eigenvalue weighted by Gasteiger charge is 2.21. The van der Waals surface area contributed by atoms with E-state index in [0.29, 0.717) is 11.7 Å². The number of nitrogens with zero attached hydrogens (tertiary/aromatic N) is 1. The second-order valence-electron chi connectivity index (χ2n) is 7.30. The Morgan fingerprint density at radius 2 is 1.88 bits per heavy atom. The highest BCUT2D eigenvalue weighted by molar-refractivity contribution is 5.88. The molecule has 0 N–H and O–H groups in total. The molecule has 24 heavy (non-hydrogen) atoms. The summed E-state index contributed by atoms with van der Waals surface area (Å²) < 4.78 is 0. The van der Waals surface area contributed by atoms with E-state index >= 15 is 0 Å². The molecule has 4 bridgehead atoms. The van der Waals surface area contributed by atoms with Crippen molar-refractivity contribution in [3.05, 3.63) is 52.7 Å². The molecule has 0 saturated heterocycles. The second-order valence-corrected chi connectivity index (χ2v) is 7.30. The van der Waals surface area contributed by atoms with Gasteiger partial charge >= 0.3 is 0 Å². The monoisotopic (exact) mass is 319 g/mol. The fourth-order valence-electron chi connectivity index (χ4n) is 4.04. The zero-order valence-corrected chi connectivity index (χ0v) is 14.3. The smallest absolute Gasteiger partial charge is 0.132 e.